The molecule has 3 aromatic rings. The van der Waals surface area contributed by atoms with Gasteiger partial charge in [-0.25, -0.2) is 0 Å². The van der Waals surface area contributed by atoms with Crippen molar-refractivity contribution < 1.29 is 0 Å². The van der Waals surface area contributed by atoms with Gasteiger partial charge in [0.05, 0.1) is 0 Å². The Hall–Kier alpha value is -1.63. The van der Waals surface area contributed by atoms with Crippen molar-refractivity contribution >= 4 is 24.1 Å². The first-order valence-electron chi connectivity index (χ1n) is 5.85. The van der Waals surface area contributed by atoms with Gasteiger partial charge in [-0.2, -0.15) is 0 Å². The van der Waals surface area contributed by atoms with Crippen LogP contribution in [0.15, 0.2) is 59.4 Å². The van der Waals surface area contributed by atoms with E-state index in [1.807, 2.05) is 43.3 Å². The van der Waals surface area contributed by atoms with Gasteiger partial charge in [0.2, 0.25) is 0 Å². The van der Waals surface area contributed by atoms with Gasteiger partial charge in [-0.05, 0) is 0 Å². The minimum atomic E-state index is 0.178. The molecule has 0 N–H and O–H groups in total. The molecule has 0 aliphatic rings. The average Bonchev–Trinajstić information content (AvgIpc) is 2.44. The quantitative estimate of drug-likeness (QED) is 0.631. The van der Waals surface area contributed by atoms with Crippen LogP contribution in [0.25, 0.3) is 19.6 Å². The van der Waals surface area contributed by atoms with E-state index in [0.29, 0.717) is 0 Å². The molecule has 0 spiro atoms. The Bertz CT molecular complexity index is 757. The number of fused-ring (bicyclic) bond motifs is 1. The number of hydrogen-bond donors (Lipinski definition) is 0. The van der Waals surface area contributed by atoms with E-state index in [4.69, 9.17) is 0 Å². The van der Waals surface area contributed by atoms with E-state index in [1.54, 1.807) is 0 Å². The second-order valence-electron chi connectivity index (χ2n) is 4.25. The molecule has 0 bridgehead atoms. The summed E-state index contributed by atoms with van der Waals surface area (Å²) in [4.78, 5) is 12.4. The summed E-state index contributed by atoms with van der Waals surface area (Å²) in [5.74, 6) is 0. The van der Waals surface area contributed by atoms with Crippen LogP contribution in [0.5, 0.6) is 0 Å². The normalized spacial score (nSPS) is 10.7. The van der Waals surface area contributed by atoms with Gasteiger partial charge in [-0.3, -0.25) is 0 Å². The van der Waals surface area contributed by atoms with Gasteiger partial charge >= 0.3 is 111 Å². The third kappa shape index (κ3) is 1.84. The first-order valence-corrected chi connectivity index (χ1v) is 7.56. The first kappa shape index (κ1) is 11.5. The molecule has 0 fully saturated rings. The number of hydrogen-bond acceptors (Lipinski definition) is 1. The van der Waals surface area contributed by atoms with Gasteiger partial charge in [-0.1, -0.05) is 0 Å². The first-order chi connectivity index (χ1) is 8.77. The van der Waals surface area contributed by atoms with Crippen molar-refractivity contribution in [3.8, 4) is 10.0 Å². The zero-order valence-electron chi connectivity index (χ0n) is 10.0. The second kappa shape index (κ2) is 4.56. The molecule has 88 valence electrons. The van der Waals surface area contributed by atoms with Gasteiger partial charge in [0.15, 0.2) is 0 Å². The van der Waals surface area contributed by atoms with Gasteiger partial charge in [0.25, 0.3) is 0 Å². The molecule has 1 heterocycles. The molecule has 0 unspecified atom stereocenters. The fourth-order valence-corrected chi connectivity index (χ4v) is 4.49. The van der Waals surface area contributed by atoms with Gasteiger partial charge in [0.1, 0.15) is 0 Å². The summed E-state index contributed by atoms with van der Waals surface area (Å²) in [6.07, 6.45) is 0. The summed E-state index contributed by atoms with van der Waals surface area (Å²) in [5.41, 5.74) is 2.26. The molecule has 0 aliphatic heterocycles. The Morgan fingerprint density at radius 2 is 1.56 bits per heavy atom. The van der Waals surface area contributed by atoms with Gasteiger partial charge < -0.3 is 0 Å². The fourth-order valence-electron chi connectivity index (χ4n) is 2.10. The van der Waals surface area contributed by atoms with Crippen LogP contribution in [0.3, 0.4) is 0 Å². The Kier molecular flexibility index (Phi) is 2.91. The van der Waals surface area contributed by atoms with E-state index >= 15 is 0 Å². The Morgan fingerprint density at radius 3 is 2.33 bits per heavy atom. The number of rotatable bonds is 1. The van der Waals surface area contributed by atoms with Crippen LogP contribution in [-0.2, 0) is 0 Å². The molecule has 0 radical (unpaired) electrons. The molecule has 0 atom stereocenters. The van der Waals surface area contributed by atoms with E-state index in [1.165, 1.54) is 14.3 Å². The minimum absolute atomic E-state index is 0.178. The molecule has 1 nitrogen and oxygen atoms in total. The maximum atomic E-state index is 12.4. The molecular formula is C16H12OSe. The standard InChI is InChI=1S/C16H12OSe/c1-11-15(17)13-9-5-6-10-14(13)18-16(11)12-7-3-2-4-8-12/h2-10H,1H3. The van der Waals surface area contributed by atoms with Crippen LogP contribution in [0.1, 0.15) is 5.56 Å². The summed E-state index contributed by atoms with van der Waals surface area (Å²) in [6, 6.07) is 18.2. The summed E-state index contributed by atoms with van der Waals surface area (Å²) in [6.45, 7) is 1.95. The average molecular weight is 299 g/mol. The maximum absolute atomic E-state index is 12.4. The van der Waals surface area contributed by atoms with E-state index in [9.17, 15) is 4.79 Å². The zero-order valence-corrected chi connectivity index (χ0v) is 11.7. The van der Waals surface area contributed by atoms with Crippen molar-refractivity contribution in [1.82, 2.24) is 0 Å². The predicted molar refractivity (Wildman–Crippen MR) is 77.3 cm³/mol. The third-order valence-corrected chi connectivity index (χ3v) is 5.83. The van der Waals surface area contributed by atoms with Crippen molar-refractivity contribution in [1.29, 1.82) is 0 Å². The summed E-state index contributed by atoms with van der Waals surface area (Å²) in [5, 5.41) is 0.884. The van der Waals surface area contributed by atoms with Crippen molar-refractivity contribution in [3.05, 3.63) is 70.4 Å². The molecule has 0 amide bonds. The van der Waals surface area contributed by atoms with E-state index in [0.717, 1.165) is 10.9 Å². The van der Waals surface area contributed by atoms with Crippen LogP contribution in [0.2, 0.25) is 0 Å². The molecular weight excluding hydrogens is 287 g/mol. The van der Waals surface area contributed by atoms with Gasteiger partial charge in [-0.15, -0.1) is 0 Å². The molecule has 2 heteroatoms. The van der Waals surface area contributed by atoms with E-state index in [2.05, 4.69) is 18.2 Å². The molecule has 3 rings (SSSR count). The topological polar surface area (TPSA) is 17.1 Å². The van der Waals surface area contributed by atoms with Crippen LogP contribution < -0.4 is 5.43 Å². The second-order valence-corrected chi connectivity index (χ2v) is 6.46. The molecule has 0 aliphatic carbocycles. The van der Waals surface area contributed by atoms with Crippen LogP contribution in [-0.4, -0.2) is 14.5 Å². The molecule has 2 aromatic carbocycles. The monoisotopic (exact) mass is 300 g/mol. The Balaban J connectivity index is 2.38. The summed E-state index contributed by atoms with van der Waals surface area (Å²) in [7, 11) is 0. The van der Waals surface area contributed by atoms with Gasteiger partial charge in [0, 0.05) is 0 Å². The van der Waals surface area contributed by atoms with Crippen molar-refractivity contribution in [2.24, 2.45) is 0 Å². The van der Waals surface area contributed by atoms with Crippen LogP contribution in [0, 0.1) is 6.92 Å². The third-order valence-electron chi connectivity index (χ3n) is 3.06. The number of benzene rings is 2. The molecule has 0 saturated heterocycles. The Morgan fingerprint density at radius 1 is 0.889 bits per heavy atom. The summed E-state index contributed by atoms with van der Waals surface area (Å²) < 4.78 is 2.41. The zero-order chi connectivity index (χ0) is 12.5. The van der Waals surface area contributed by atoms with Crippen LogP contribution in [0.4, 0.5) is 0 Å². The Labute approximate surface area is 111 Å². The van der Waals surface area contributed by atoms with E-state index < -0.39 is 0 Å². The van der Waals surface area contributed by atoms with Crippen molar-refractivity contribution in [2.45, 2.75) is 6.92 Å². The van der Waals surface area contributed by atoms with E-state index in [-0.39, 0.29) is 19.9 Å². The predicted octanol–water partition coefficient (Wildman–Crippen LogP) is 3.23. The van der Waals surface area contributed by atoms with Crippen molar-refractivity contribution in [3.63, 3.8) is 0 Å². The van der Waals surface area contributed by atoms with Crippen molar-refractivity contribution in [2.75, 3.05) is 0 Å². The fraction of sp³-hybridized carbons (Fsp3) is 0.0625. The molecule has 1 aromatic heterocycles. The van der Waals surface area contributed by atoms with Crippen LogP contribution >= 0.6 is 0 Å². The molecule has 18 heavy (non-hydrogen) atoms. The molecule has 0 saturated carbocycles. The summed E-state index contributed by atoms with van der Waals surface area (Å²) >= 11 is 0.218. The SMILES string of the molecule is Cc1c(-c2ccccc2)[se]c2ccccc2c1=O.